The Labute approximate surface area is 122 Å². The number of halogens is 2. The summed E-state index contributed by atoms with van der Waals surface area (Å²) in [7, 11) is 0. The van der Waals surface area contributed by atoms with Gasteiger partial charge in [0.15, 0.2) is 0 Å². The number of rotatable bonds is 2. The van der Waals surface area contributed by atoms with E-state index in [-0.39, 0.29) is 0 Å². The third-order valence-corrected chi connectivity index (χ3v) is 4.27. The van der Waals surface area contributed by atoms with Gasteiger partial charge in [-0.15, -0.1) is 0 Å². The van der Waals surface area contributed by atoms with Gasteiger partial charge in [-0.1, -0.05) is 35.3 Å². The first-order chi connectivity index (χ1) is 9.06. The topological polar surface area (TPSA) is 25.8 Å². The standard InChI is InChI=1S/C15H14Cl2N2/c1-8-3-4-11(7-12(8)16)13-9(2)14(17)19-15(18-13)10-5-6-10/h3-4,7,10H,5-6H2,1-2H3. The van der Waals surface area contributed by atoms with Gasteiger partial charge in [0.2, 0.25) is 0 Å². The monoisotopic (exact) mass is 292 g/mol. The van der Waals surface area contributed by atoms with Crippen molar-refractivity contribution in [2.75, 3.05) is 0 Å². The number of hydrogen-bond acceptors (Lipinski definition) is 2. The molecule has 0 spiro atoms. The lowest BCUT2D eigenvalue weighted by atomic mass is 10.1. The van der Waals surface area contributed by atoms with Gasteiger partial charge in [0, 0.05) is 22.1 Å². The van der Waals surface area contributed by atoms with Crippen LogP contribution in [0.1, 0.15) is 35.7 Å². The van der Waals surface area contributed by atoms with Crippen LogP contribution >= 0.6 is 23.2 Å². The molecule has 0 aliphatic heterocycles. The minimum absolute atomic E-state index is 0.484. The van der Waals surface area contributed by atoms with Crippen molar-refractivity contribution in [2.24, 2.45) is 0 Å². The molecule has 0 unspecified atom stereocenters. The lowest BCUT2D eigenvalue weighted by molar-refractivity contribution is 0.922. The van der Waals surface area contributed by atoms with E-state index in [9.17, 15) is 0 Å². The van der Waals surface area contributed by atoms with Gasteiger partial charge in [-0.3, -0.25) is 0 Å². The quantitative estimate of drug-likeness (QED) is 0.732. The molecule has 3 rings (SSSR count). The fraction of sp³-hybridized carbons (Fsp3) is 0.333. The average Bonchev–Trinajstić information content (AvgIpc) is 3.20. The van der Waals surface area contributed by atoms with Crippen molar-refractivity contribution in [3.05, 3.63) is 45.3 Å². The molecular weight excluding hydrogens is 279 g/mol. The van der Waals surface area contributed by atoms with Crippen LogP contribution in [0.5, 0.6) is 0 Å². The van der Waals surface area contributed by atoms with E-state index in [4.69, 9.17) is 23.2 Å². The molecule has 19 heavy (non-hydrogen) atoms. The molecular formula is C15H14Cl2N2. The molecule has 0 bridgehead atoms. The molecule has 2 aromatic rings. The molecule has 1 heterocycles. The maximum Gasteiger partial charge on any atom is 0.136 e. The lowest BCUT2D eigenvalue weighted by Crippen LogP contribution is -1.99. The van der Waals surface area contributed by atoms with Gasteiger partial charge in [-0.05, 0) is 38.3 Å². The highest BCUT2D eigenvalue weighted by molar-refractivity contribution is 6.32. The zero-order valence-corrected chi connectivity index (χ0v) is 12.4. The first-order valence-electron chi connectivity index (χ1n) is 6.37. The van der Waals surface area contributed by atoms with Gasteiger partial charge in [-0.25, -0.2) is 9.97 Å². The summed E-state index contributed by atoms with van der Waals surface area (Å²) in [4.78, 5) is 9.06. The van der Waals surface area contributed by atoms with Gasteiger partial charge >= 0.3 is 0 Å². The van der Waals surface area contributed by atoms with Crippen LogP contribution in [0, 0.1) is 13.8 Å². The van der Waals surface area contributed by atoms with Gasteiger partial charge in [0.05, 0.1) is 5.69 Å². The number of hydrogen-bond donors (Lipinski definition) is 0. The van der Waals surface area contributed by atoms with Crippen LogP contribution in [0.4, 0.5) is 0 Å². The predicted molar refractivity (Wildman–Crippen MR) is 78.9 cm³/mol. The van der Waals surface area contributed by atoms with E-state index in [1.165, 1.54) is 0 Å². The second-order valence-electron chi connectivity index (χ2n) is 5.08. The van der Waals surface area contributed by atoms with E-state index in [1.54, 1.807) is 0 Å². The molecule has 0 amide bonds. The summed E-state index contributed by atoms with van der Waals surface area (Å²) in [6, 6.07) is 5.98. The van der Waals surface area contributed by atoms with Crippen molar-refractivity contribution in [3.63, 3.8) is 0 Å². The van der Waals surface area contributed by atoms with Gasteiger partial charge in [-0.2, -0.15) is 0 Å². The zero-order chi connectivity index (χ0) is 13.6. The van der Waals surface area contributed by atoms with Gasteiger partial charge in [0.25, 0.3) is 0 Å². The Hall–Kier alpha value is -1.12. The number of nitrogens with zero attached hydrogens (tertiary/aromatic N) is 2. The Kier molecular flexibility index (Phi) is 3.23. The molecule has 0 saturated heterocycles. The highest BCUT2D eigenvalue weighted by Gasteiger charge is 2.28. The third-order valence-electron chi connectivity index (χ3n) is 3.49. The minimum Gasteiger partial charge on any atom is -0.232 e. The molecule has 1 fully saturated rings. The average molecular weight is 293 g/mol. The Morgan fingerprint density at radius 2 is 1.84 bits per heavy atom. The van der Waals surface area contributed by atoms with Crippen molar-refractivity contribution in [1.82, 2.24) is 9.97 Å². The Bertz CT molecular complexity index is 649. The molecule has 1 saturated carbocycles. The lowest BCUT2D eigenvalue weighted by Gasteiger charge is -2.10. The molecule has 1 aliphatic rings. The largest absolute Gasteiger partial charge is 0.232 e. The molecule has 1 aromatic heterocycles. The smallest absolute Gasteiger partial charge is 0.136 e. The molecule has 2 nitrogen and oxygen atoms in total. The van der Waals surface area contributed by atoms with Crippen LogP contribution in [0.15, 0.2) is 18.2 Å². The molecule has 98 valence electrons. The van der Waals surface area contributed by atoms with Crippen LogP contribution in [0.3, 0.4) is 0 Å². The number of aromatic nitrogens is 2. The van der Waals surface area contributed by atoms with Gasteiger partial charge < -0.3 is 0 Å². The Morgan fingerprint density at radius 1 is 1.11 bits per heavy atom. The van der Waals surface area contributed by atoms with Crippen molar-refractivity contribution in [3.8, 4) is 11.3 Å². The summed E-state index contributed by atoms with van der Waals surface area (Å²) in [5.74, 6) is 1.35. The first kappa shape index (κ1) is 12.9. The fourth-order valence-electron chi connectivity index (χ4n) is 2.05. The molecule has 1 aromatic carbocycles. The van der Waals surface area contributed by atoms with Crippen LogP contribution in [0.25, 0.3) is 11.3 Å². The maximum absolute atomic E-state index is 6.23. The second kappa shape index (κ2) is 4.77. The Morgan fingerprint density at radius 3 is 2.47 bits per heavy atom. The summed E-state index contributed by atoms with van der Waals surface area (Å²) in [5.41, 5.74) is 3.86. The fourth-order valence-corrected chi connectivity index (χ4v) is 2.41. The summed E-state index contributed by atoms with van der Waals surface area (Å²) in [6.07, 6.45) is 2.32. The maximum atomic E-state index is 6.23. The second-order valence-corrected chi connectivity index (χ2v) is 5.85. The first-order valence-corrected chi connectivity index (χ1v) is 7.12. The molecule has 0 N–H and O–H groups in total. The number of benzene rings is 1. The zero-order valence-electron chi connectivity index (χ0n) is 10.9. The van der Waals surface area contributed by atoms with E-state index in [0.717, 1.165) is 46.1 Å². The van der Waals surface area contributed by atoms with E-state index in [0.29, 0.717) is 11.1 Å². The van der Waals surface area contributed by atoms with Gasteiger partial charge in [0.1, 0.15) is 11.0 Å². The number of aryl methyl sites for hydroxylation is 1. The molecule has 4 heteroatoms. The summed E-state index contributed by atoms with van der Waals surface area (Å²) in [5, 5.41) is 1.29. The SMILES string of the molecule is Cc1ccc(-c2nc(C3CC3)nc(Cl)c2C)cc1Cl. The van der Waals surface area contributed by atoms with E-state index in [1.807, 2.05) is 32.0 Å². The molecule has 0 atom stereocenters. The normalized spacial score (nSPS) is 14.7. The van der Waals surface area contributed by atoms with Crippen molar-refractivity contribution >= 4 is 23.2 Å². The van der Waals surface area contributed by atoms with Crippen molar-refractivity contribution in [2.45, 2.75) is 32.6 Å². The van der Waals surface area contributed by atoms with Crippen molar-refractivity contribution < 1.29 is 0 Å². The highest BCUT2D eigenvalue weighted by atomic mass is 35.5. The third kappa shape index (κ3) is 2.47. The minimum atomic E-state index is 0.484. The summed E-state index contributed by atoms with van der Waals surface area (Å²) >= 11 is 12.4. The van der Waals surface area contributed by atoms with Crippen LogP contribution in [0.2, 0.25) is 10.2 Å². The van der Waals surface area contributed by atoms with Crippen LogP contribution in [-0.2, 0) is 0 Å². The molecule has 0 radical (unpaired) electrons. The van der Waals surface area contributed by atoms with E-state index >= 15 is 0 Å². The van der Waals surface area contributed by atoms with Crippen LogP contribution in [-0.4, -0.2) is 9.97 Å². The van der Waals surface area contributed by atoms with Crippen LogP contribution < -0.4 is 0 Å². The molecule has 1 aliphatic carbocycles. The highest BCUT2D eigenvalue weighted by Crippen LogP contribution is 2.40. The summed E-state index contributed by atoms with van der Waals surface area (Å²) in [6.45, 7) is 3.93. The Balaban J connectivity index is 2.14. The summed E-state index contributed by atoms with van der Waals surface area (Å²) < 4.78 is 0. The van der Waals surface area contributed by atoms with Crippen molar-refractivity contribution in [1.29, 1.82) is 0 Å². The van der Waals surface area contributed by atoms with E-state index in [2.05, 4.69) is 9.97 Å². The predicted octanol–water partition coefficient (Wildman–Crippen LogP) is 4.94. The van der Waals surface area contributed by atoms with E-state index < -0.39 is 0 Å².